The molecule has 11 nitrogen and oxygen atoms in total. The monoisotopic (exact) mass is 765 g/mol. The van der Waals surface area contributed by atoms with Crippen LogP contribution in [0.2, 0.25) is 0 Å². The number of hydrogen-bond acceptors (Lipinski definition) is 6. The topological polar surface area (TPSA) is 170 Å². The minimum Gasteiger partial charge on any atom is -0.481 e. The van der Waals surface area contributed by atoms with E-state index in [-0.39, 0.29) is 33.9 Å². The molecular formula is C39H38F3N3O8S. The molecule has 0 saturated heterocycles. The van der Waals surface area contributed by atoms with E-state index in [2.05, 4.69) is 10.6 Å². The Labute approximate surface area is 309 Å². The summed E-state index contributed by atoms with van der Waals surface area (Å²) in [5, 5.41) is 23.4. The third-order valence-electron chi connectivity index (χ3n) is 9.42. The van der Waals surface area contributed by atoms with Gasteiger partial charge in [-0.25, -0.2) is 13.2 Å². The third kappa shape index (κ3) is 9.51. The molecule has 0 atom stereocenters. The van der Waals surface area contributed by atoms with E-state index in [4.69, 9.17) is 5.11 Å². The smallest absolute Gasteiger partial charge is 0.416 e. The Morgan fingerprint density at radius 1 is 0.759 bits per heavy atom. The number of hydrogen-bond donors (Lipinski definition) is 4. The van der Waals surface area contributed by atoms with Gasteiger partial charge in [-0.15, -0.1) is 0 Å². The van der Waals surface area contributed by atoms with E-state index >= 15 is 0 Å². The van der Waals surface area contributed by atoms with Crippen molar-refractivity contribution in [3.8, 4) is 0 Å². The number of halogens is 3. The van der Waals surface area contributed by atoms with Crippen LogP contribution in [0.15, 0.2) is 95.9 Å². The Bertz CT molecular complexity index is 2130. The fraction of sp³-hybridized carbons (Fsp3) is 0.282. The zero-order chi connectivity index (χ0) is 39.2. The molecule has 4 aromatic rings. The maximum absolute atomic E-state index is 13.7. The van der Waals surface area contributed by atoms with Crippen molar-refractivity contribution < 1.29 is 51.0 Å². The Morgan fingerprint density at radius 2 is 1.37 bits per heavy atom. The molecule has 0 aromatic heterocycles. The summed E-state index contributed by atoms with van der Waals surface area (Å²) in [7, 11) is -4.12. The van der Waals surface area contributed by atoms with E-state index in [1.54, 1.807) is 43.3 Å². The Morgan fingerprint density at radius 3 is 1.93 bits per heavy atom. The summed E-state index contributed by atoms with van der Waals surface area (Å²) in [5.41, 5.74) is 0.294. The van der Waals surface area contributed by atoms with Gasteiger partial charge in [-0.1, -0.05) is 37.3 Å². The zero-order valence-electron chi connectivity index (χ0n) is 29.1. The van der Waals surface area contributed by atoms with Gasteiger partial charge in [-0.3, -0.25) is 14.4 Å². The Balaban J connectivity index is 1.31. The van der Waals surface area contributed by atoms with Crippen molar-refractivity contribution >= 4 is 45.2 Å². The number of aliphatic carboxylic acids is 1. The van der Waals surface area contributed by atoms with Gasteiger partial charge in [-0.2, -0.15) is 17.5 Å². The van der Waals surface area contributed by atoms with Crippen molar-refractivity contribution in [3.63, 3.8) is 0 Å². The van der Waals surface area contributed by atoms with E-state index < -0.39 is 63.0 Å². The lowest BCUT2D eigenvalue weighted by Gasteiger charge is -2.34. The maximum atomic E-state index is 13.7. The fourth-order valence-corrected chi connectivity index (χ4v) is 8.18. The maximum Gasteiger partial charge on any atom is 0.416 e. The summed E-state index contributed by atoms with van der Waals surface area (Å²) in [6.07, 6.45) is -2.21. The molecule has 1 fully saturated rings. The number of alkyl halides is 3. The van der Waals surface area contributed by atoms with Gasteiger partial charge < -0.3 is 20.8 Å². The number of carboxylic acid groups (broad SMARTS) is 2. The van der Waals surface area contributed by atoms with Gasteiger partial charge in [0.25, 0.3) is 11.8 Å². The molecule has 4 aromatic carbocycles. The highest BCUT2D eigenvalue weighted by molar-refractivity contribution is 7.89. The number of sulfonamides is 1. The van der Waals surface area contributed by atoms with Crippen LogP contribution in [0.5, 0.6) is 0 Å². The highest BCUT2D eigenvalue weighted by atomic mass is 32.2. The number of amides is 2. The molecule has 1 aliphatic rings. The van der Waals surface area contributed by atoms with Gasteiger partial charge >= 0.3 is 18.1 Å². The second-order valence-electron chi connectivity index (χ2n) is 12.9. The summed E-state index contributed by atoms with van der Waals surface area (Å²) < 4.78 is 69.9. The molecule has 15 heteroatoms. The summed E-state index contributed by atoms with van der Waals surface area (Å²) in [5.74, 6) is -4.28. The number of aryl methyl sites for hydroxylation is 2. The lowest BCUT2D eigenvalue weighted by molar-refractivity contribution is -0.143. The summed E-state index contributed by atoms with van der Waals surface area (Å²) in [6.45, 7) is 1.77. The number of nitrogens with one attached hydrogen (secondary N) is 2. The zero-order valence-corrected chi connectivity index (χ0v) is 29.9. The SMILES string of the molecule is CCN(C1CCC(C(=O)O)CC1)S(=O)(=O)c1cccc(C(=O)Nc2ccc(C(F)(F)F)cc2C(=O)Nc2ccc(CCc3ccc(C(=O)O)cc3)cc2)c1. The third-order valence-corrected chi connectivity index (χ3v) is 11.4. The first-order valence-corrected chi connectivity index (χ1v) is 18.6. The molecule has 1 saturated carbocycles. The summed E-state index contributed by atoms with van der Waals surface area (Å²) in [4.78, 5) is 49.1. The first-order chi connectivity index (χ1) is 25.6. The lowest BCUT2D eigenvalue weighted by Crippen LogP contribution is -2.42. The number of carbonyl (C=O) groups excluding carboxylic acids is 2. The highest BCUT2D eigenvalue weighted by Crippen LogP contribution is 2.34. The summed E-state index contributed by atoms with van der Waals surface area (Å²) >= 11 is 0. The molecule has 4 N–H and O–H groups in total. The largest absolute Gasteiger partial charge is 0.481 e. The van der Waals surface area contributed by atoms with Crippen molar-refractivity contribution in [1.29, 1.82) is 0 Å². The van der Waals surface area contributed by atoms with Crippen LogP contribution in [0.25, 0.3) is 0 Å². The van der Waals surface area contributed by atoms with E-state index in [0.717, 1.165) is 29.3 Å². The van der Waals surface area contributed by atoms with Crippen LogP contribution in [0, 0.1) is 5.92 Å². The number of rotatable bonds is 13. The molecule has 54 heavy (non-hydrogen) atoms. The summed E-state index contributed by atoms with van der Waals surface area (Å²) in [6, 6.07) is 20.1. The first-order valence-electron chi connectivity index (χ1n) is 17.2. The normalized spacial score (nSPS) is 16.1. The van der Waals surface area contributed by atoms with Crippen LogP contribution < -0.4 is 10.6 Å². The van der Waals surface area contributed by atoms with Crippen molar-refractivity contribution in [2.24, 2.45) is 5.92 Å². The van der Waals surface area contributed by atoms with Crippen LogP contribution in [0.1, 0.15) is 80.4 Å². The minimum absolute atomic E-state index is 0.110. The molecule has 0 heterocycles. The van der Waals surface area contributed by atoms with Gasteiger partial charge in [0, 0.05) is 23.8 Å². The van der Waals surface area contributed by atoms with Crippen molar-refractivity contribution in [1.82, 2.24) is 4.31 Å². The minimum atomic E-state index is -4.80. The molecule has 5 rings (SSSR count). The second kappa shape index (κ2) is 16.6. The van der Waals surface area contributed by atoms with Crippen molar-refractivity contribution in [3.05, 3.63) is 124 Å². The molecule has 0 bridgehead atoms. The Hall–Kier alpha value is -5.54. The molecule has 0 aliphatic heterocycles. The number of anilines is 2. The number of carboxylic acids is 2. The van der Waals surface area contributed by atoms with Crippen LogP contribution >= 0.6 is 0 Å². The van der Waals surface area contributed by atoms with Gasteiger partial charge in [0.05, 0.1) is 33.2 Å². The number of benzene rings is 4. The molecule has 0 unspecified atom stereocenters. The molecule has 0 spiro atoms. The molecule has 0 radical (unpaired) electrons. The van der Waals surface area contributed by atoms with Gasteiger partial charge in [0.1, 0.15) is 0 Å². The molecule has 284 valence electrons. The fourth-order valence-electron chi connectivity index (χ4n) is 6.44. The second-order valence-corrected chi connectivity index (χ2v) is 14.8. The first kappa shape index (κ1) is 39.7. The molecular weight excluding hydrogens is 728 g/mol. The van der Waals surface area contributed by atoms with E-state index in [0.29, 0.717) is 44.6 Å². The van der Waals surface area contributed by atoms with Crippen LogP contribution in [-0.2, 0) is 33.8 Å². The van der Waals surface area contributed by atoms with Crippen LogP contribution in [-0.4, -0.2) is 59.3 Å². The van der Waals surface area contributed by atoms with Crippen LogP contribution in [0.4, 0.5) is 24.5 Å². The highest BCUT2D eigenvalue weighted by Gasteiger charge is 2.36. The standard InChI is InChI=1S/C39H38F3N3O8S/c1-2-45(31-19-14-27(15-20-31)38(50)51)54(52,53)32-5-3-4-28(22-32)35(46)44-34-21-16-29(39(40,41)42)23-33(34)36(47)43-30-17-10-25(11-18-30)7-6-24-8-12-26(13-9-24)37(48)49/h3-5,8-13,16-18,21-23,27,31H,2,6-7,14-15,19-20H2,1H3,(H,43,47)(H,44,46)(H,48,49)(H,50,51). The predicted octanol–water partition coefficient (Wildman–Crippen LogP) is 7.35. The van der Waals surface area contributed by atoms with Gasteiger partial charge in [-0.05, 0) is 110 Å². The van der Waals surface area contributed by atoms with Gasteiger partial charge in [0.15, 0.2) is 0 Å². The number of carbonyl (C=O) groups is 4. The quantitative estimate of drug-likeness (QED) is 0.110. The number of aromatic carboxylic acids is 1. The van der Waals surface area contributed by atoms with E-state index in [9.17, 15) is 45.9 Å². The van der Waals surface area contributed by atoms with Crippen LogP contribution in [0.3, 0.4) is 0 Å². The lowest BCUT2D eigenvalue weighted by atomic mass is 9.86. The molecule has 2 amide bonds. The van der Waals surface area contributed by atoms with Crippen molar-refractivity contribution in [2.45, 2.75) is 62.6 Å². The average molecular weight is 766 g/mol. The van der Waals surface area contributed by atoms with E-state index in [1.165, 1.54) is 34.6 Å². The molecule has 1 aliphatic carbocycles. The Kier molecular flexibility index (Phi) is 12.2. The average Bonchev–Trinajstić information content (AvgIpc) is 3.14. The van der Waals surface area contributed by atoms with E-state index in [1.807, 2.05) is 0 Å². The van der Waals surface area contributed by atoms with Crippen molar-refractivity contribution in [2.75, 3.05) is 17.2 Å². The predicted molar refractivity (Wildman–Crippen MR) is 194 cm³/mol. The number of nitrogens with zero attached hydrogens (tertiary/aromatic N) is 1. The van der Waals surface area contributed by atoms with Gasteiger partial charge in [0.2, 0.25) is 10.0 Å².